The Morgan fingerprint density at radius 2 is 2.00 bits per heavy atom. The number of nitrogens with zero attached hydrogens (tertiary/aromatic N) is 3. The SMILES string of the molecule is COc1ccc2c(N[C@H](C)C(=O)N3CCC3)ncnc2c1.OC(F)(F)F. The number of likely N-dealkylation sites (tertiary alicyclic amines) is 1. The van der Waals surface area contributed by atoms with Gasteiger partial charge >= 0.3 is 6.36 Å². The van der Waals surface area contributed by atoms with Crippen LogP contribution in [0, 0.1) is 0 Å². The molecule has 142 valence electrons. The Morgan fingerprint density at radius 1 is 1.35 bits per heavy atom. The minimum Gasteiger partial charge on any atom is -0.497 e. The van der Waals surface area contributed by atoms with Crippen molar-refractivity contribution >= 4 is 22.6 Å². The first-order chi connectivity index (χ1) is 12.2. The maximum Gasteiger partial charge on any atom is 0.519 e. The number of halogens is 3. The number of carbonyl (C=O) groups excluding carboxylic acids is 1. The molecule has 1 aliphatic heterocycles. The van der Waals surface area contributed by atoms with Crippen LogP contribution in [0.25, 0.3) is 10.9 Å². The monoisotopic (exact) mass is 372 g/mol. The van der Waals surface area contributed by atoms with Crippen molar-refractivity contribution in [3.05, 3.63) is 24.5 Å². The van der Waals surface area contributed by atoms with Crippen LogP contribution in [-0.4, -0.2) is 58.5 Å². The molecule has 2 N–H and O–H groups in total. The number of hydrogen-bond donors (Lipinski definition) is 2. The van der Waals surface area contributed by atoms with Gasteiger partial charge in [-0.3, -0.25) is 4.79 Å². The normalized spacial score (nSPS) is 14.8. The van der Waals surface area contributed by atoms with Crippen molar-refractivity contribution in [1.82, 2.24) is 14.9 Å². The van der Waals surface area contributed by atoms with Crippen molar-refractivity contribution in [3.8, 4) is 5.75 Å². The molecule has 1 fully saturated rings. The van der Waals surface area contributed by atoms with Gasteiger partial charge < -0.3 is 20.1 Å². The second kappa shape index (κ2) is 8.17. The highest BCUT2D eigenvalue weighted by Gasteiger charge is 2.25. The number of ether oxygens (including phenoxy) is 1. The van der Waals surface area contributed by atoms with E-state index in [9.17, 15) is 18.0 Å². The second-order valence-electron chi connectivity index (χ2n) is 5.62. The van der Waals surface area contributed by atoms with Crippen LogP contribution in [0.15, 0.2) is 24.5 Å². The first-order valence-corrected chi connectivity index (χ1v) is 7.82. The van der Waals surface area contributed by atoms with E-state index < -0.39 is 6.36 Å². The summed E-state index contributed by atoms with van der Waals surface area (Å²) in [5.74, 6) is 1.53. The predicted molar refractivity (Wildman–Crippen MR) is 88.6 cm³/mol. The van der Waals surface area contributed by atoms with E-state index in [-0.39, 0.29) is 11.9 Å². The van der Waals surface area contributed by atoms with E-state index in [2.05, 4.69) is 15.3 Å². The fourth-order valence-electron chi connectivity index (χ4n) is 2.36. The van der Waals surface area contributed by atoms with Gasteiger partial charge in [-0.2, -0.15) is 0 Å². The van der Waals surface area contributed by atoms with Crippen molar-refractivity contribution < 1.29 is 27.8 Å². The van der Waals surface area contributed by atoms with Gasteiger partial charge in [0.25, 0.3) is 0 Å². The minimum atomic E-state index is -5.00. The molecular formula is C16H19F3N4O3. The maximum absolute atomic E-state index is 12.2. The summed E-state index contributed by atoms with van der Waals surface area (Å²) in [7, 11) is 1.62. The average molecular weight is 372 g/mol. The largest absolute Gasteiger partial charge is 0.519 e. The highest BCUT2D eigenvalue weighted by Crippen LogP contribution is 2.24. The van der Waals surface area contributed by atoms with Gasteiger partial charge in [0.2, 0.25) is 5.91 Å². The molecule has 3 rings (SSSR count). The van der Waals surface area contributed by atoms with Crippen LogP contribution in [0.3, 0.4) is 0 Å². The van der Waals surface area contributed by atoms with Crippen molar-refractivity contribution in [2.75, 3.05) is 25.5 Å². The smallest absolute Gasteiger partial charge is 0.497 e. The number of alkyl halides is 3. The molecule has 1 saturated heterocycles. The molecule has 1 aromatic carbocycles. The quantitative estimate of drug-likeness (QED) is 0.855. The van der Waals surface area contributed by atoms with Crippen LogP contribution in [0.5, 0.6) is 5.75 Å². The first kappa shape index (κ1) is 19.7. The first-order valence-electron chi connectivity index (χ1n) is 7.82. The number of hydrogen-bond acceptors (Lipinski definition) is 6. The molecule has 0 bridgehead atoms. The van der Waals surface area contributed by atoms with Gasteiger partial charge in [0.1, 0.15) is 23.9 Å². The maximum atomic E-state index is 12.2. The summed E-state index contributed by atoms with van der Waals surface area (Å²) in [6.45, 7) is 3.57. The van der Waals surface area contributed by atoms with E-state index in [4.69, 9.17) is 9.84 Å². The van der Waals surface area contributed by atoms with Gasteiger partial charge in [0.05, 0.1) is 12.6 Å². The number of aromatic nitrogens is 2. The second-order valence-corrected chi connectivity index (χ2v) is 5.62. The lowest BCUT2D eigenvalue weighted by Crippen LogP contribution is -2.48. The number of nitrogens with one attached hydrogen (secondary N) is 1. The van der Waals surface area contributed by atoms with Crippen LogP contribution in [-0.2, 0) is 4.79 Å². The summed E-state index contributed by atoms with van der Waals surface area (Å²) in [6, 6.07) is 5.31. The Hall–Kier alpha value is -2.62. The van der Waals surface area contributed by atoms with Crippen LogP contribution < -0.4 is 10.1 Å². The van der Waals surface area contributed by atoms with Crippen LogP contribution in [0.1, 0.15) is 13.3 Å². The molecule has 1 amide bonds. The Balaban J connectivity index is 0.000000431. The summed E-state index contributed by atoms with van der Waals surface area (Å²) < 4.78 is 34.9. The highest BCUT2D eigenvalue weighted by atomic mass is 19.4. The van der Waals surface area contributed by atoms with Crippen molar-refractivity contribution in [3.63, 3.8) is 0 Å². The molecule has 0 aliphatic carbocycles. The molecule has 1 aromatic heterocycles. The standard InChI is InChI=1S/C15H18N4O2.CHF3O/c1-10(15(20)19-6-3-7-19)18-14-12-5-4-11(21-2)8-13(12)16-9-17-14;2-1(3,4)5/h4-5,8-10H,3,6-7H2,1-2H3,(H,16,17,18);5H/t10-;/m1./s1. The van der Waals surface area contributed by atoms with Gasteiger partial charge in [0, 0.05) is 24.5 Å². The third-order valence-corrected chi connectivity index (χ3v) is 3.74. The molecule has 2 heterocycles. The predicted octanol–water partition coefficient (Wildman–Crippen LogP) is 2.17. The number of methoxy groups -OCH3 is 1. The summed E-state index contributed by atoms with van der Waals surface area (Å²) in [6.07, 6.45) is -2.42. The molecule has 2 aromatic rings. The molecule has 26 heavy (non-hydrogen) atoms. The number of fused-ring (bicyclic) bond motifs is 1. The Labute approximate surface area is 147 Å². The van der Waals surface area contributed by atoms with Gasteiger partial charge in [0.15, 0.2) is 0 Å². The summed E-state index contributed by atoms with van der Waals surface area (Å²) in [5.41, 5.74) is 0.787. The Bertz CT molecular complexity index is 760. The zero-order valence-corrected chi connectivity index (χ0v) is 14.2. The molecule has 0 saturated carbocycles. The number of aliphatic hydroxyl groups is 1. The van der Waals surface area contributed by atoms with E-state index in [1.165, 1.54) is 6.33 Å². The van der Waals surface area contributed by atoms with E-state index in [1.807, 2.05) is 30.0 Å². The fourth-order valence-corrected chi connectivity index (χ4v) is 2.36. The lowest BCUT2D eigenvalue weighted by Gasteiger charge is -2.33. The number of anilines is 1. The minimum absolute atomic E-state index is 0.113. The average Bonchev–Trinajstić information content (AvgIpc) is 2.51. The lowest BCUT2D eigenvalue weighted by atomic mass is 10.1. The topological polar surface area (TPSA) is 87.6 Å². The number of rotatable bonds is 4. The molecule has 0 unspecified atom stereocenters. The molecular weight excluding hydrogens is 353 g/mol. The molecule has 0 radical (unpaired) electrons. The van der Waals surface area contributed by atoms with E-state index in [0.29, 0.717) is 5.82 Å². The summed E-state index contributed by atoms with van der Waals surface area (Å²) in [4.78, 5) is 22.5. The molecule has 1 atom stereocenters. The number of carbonyl (C=O) groups is 1. The van der Waals surface area contributed by atoms with E-state index in [1.54, 1.807) is 7.11 Å². The zero-order chi connectivity index (χ0) is 19.3. The van der Waals surface area contributed by atoms with Crippen molar-refractivity contribution in [1.29, 1.82) is 0 Å². The molecule has 0 spiro atoms. The van der Waals surface area contributed by atoms with Crippen molar-refractivity contribution in [2.45, 2.75) is 25.7 Å². The van der Waals surface area contributed by atoms with Gasteiger partial charge in [-0.05, 0) is 25.5 Å². The Kier molecular flexibility index (Phi) is 6.19. The fraction of sp³-hybridized carbons (Fsp3) is 0.438. The molecule has 7 nitrogen and oxygen atoms in total. The third kappa shape index (κ3) is 5.45. The summed E-state index contributed by atoms with van der Waals surface area (Å²) >= 11 is 0. The van der Waals surface area contributed by atoms with Crippen LogP contribution >= 0.6 is 0 Å². The lowest BCUT2D eigenvalue weighted by molar-refractivity contribution is -0.295. The third-order valence-electron chi connectivity index (χ3n) is 3.74. The number of amides is 1. The zero-order valence-electron chi connectivity index (χ0n) is 14.2. The van der Waals surface area contributed by atoms with Gasteiger partial charge in [-0.1, -0.05) is 0 Å². The highest BCUT2D eigenvalue weighted by molar-refractivity contribution is 5.92. The Morgan fingerprint density at radius 3 is 2.54 bits per heavy atom. The van der Waals surface area contributed by atoms with Crippen LogP contribution in [0.2, 0.25) is 0 Å². The molecule has 1 aliphatic rings. The van der Waals surface area contributed by atoms with Crippen LogP contribution in [0.4, 0.5) is 19.0 Å². The van der Waals surface area contributed by atoms with E-state index in [0.717, 1.165) is 36.2 Å². The van der Waals surface area contributed by atoms with Gasteiger partial charge in [-0.25, -0.2) is 9.97 Å². The summed E-state index contributed by atoms with van der Waals surface area (Å²) in [5, 5.41) is 10.6. The molecule has 10 heteroatoms. The van der Waals surface area contributed by atoms with Crippen molar-refractivity contribution in [2.24, 2.45) is 0 Å². The van der Waals surface area contributed by atoms with Gasteiger partial charge in [-0.15, -0.1) is 13.2 Å². The van der Waals surface area contributed by atoms with E-state index >= 15 is 0 Å². The number of benzene rings is 1.